The Labute approximate surface area is 119 Å². The van der Waals surface area contributed by atoms with Gasteiger partial charge in [-0.1, -0.05) is 12.1 Å². The molecule has 1 aromatic heterocycles. The number of hydrogen-bond acceptors (Lipinski definition) is 2. The summed E-state index contributed by atoms with van der Waals surface area (Å²) in [7, 11) is 0. The van der Waals surface area contributed by atoms with Crippen LogP contribution >= 0.6 is 0 Å². The Morgan fingerprint density at radius 3 is 1.86 bits per heavy atom. The highest BCUT2D eigenvalue weighted by atomic mass is 19.4. The Kier molecular flexibility index (Phi) is 3.68. The van der Waals surface area contributed by atoms with E-state index in [4.69, 9.17) is 5.73 Å². The molecule has 1 amide bonds. The third kappa shape index (κ3) is 3.07. The van der Waals surface area contributed by atoms with Crippen LogP contribution in [0.1, 0.15) is 21.7 Å². The molecule has 0 aliphatic carbocycles. The minimum atomic E-state index is -4.95. The van der Waals surface area contributed by atoms with Gasteiger partial charge >= 0.3 is 12.4 Å². The van der Waals surface area contributed by atoms with Gasteiger partial charge in [0.05, 0.1) is 11.1 Å². The number of furan rings is 1. The van der Waals surface area contributed by atoms with E-state index < -0.39 is 40.9 Å². The highest BCUT2D eigenvalue weighted by Crippen LogP contribution is 2.37. The molecule has 0 fully saturated rings. The summed E-state index contributed by atoms with van der Waals surface area (Å²) >= 11 is 0. The quantitative estimate of drug-likeness (QED) is 0.847. The number of alkyl halides is 6. The second-order valence-corrected chi connectivity index (χ2v) is 4.29. The third-order valence-electron chi connectivity index (χ3n) is 2.75. The molecule has 2 rings (SSSR count). The topological polar surface area (TPSA) is 56.2 Å². The molecule has 118 valence electrons. The van der Waals surface area contributed by atoms with Crippen molar-refractivity contribution in [2.45, 2.75) is 12.4 Å². The molecule has 0 unspecified atom stereocenters. The summed E-state index contributed by atoms with van der Waals surface area (Å²) in [4.78, 5) is 11.0. The van der Waals surface area contributed by atoms with E-state index in [-0.39, 0.29) is 5.56 Å². The Morgan fingerprint density at radius 2 is 1.50 bits per heavy atom. The first-order chi connectivity index (χ1) is 10.00. The second kappa shape index (κ2) is 5.08. The van der Waals surface area contributed by atoms with Crippen LogP contribution in [0.5, 0.6) is 0 Å². The predicted molar refractivity (Wildman–Crippen MR) is 62.7 cm³/mol. The van der Waals surface area contributed by atoms with Crippen molar-refractivity contribution in [2.24, 2.45) is 5.73 Å². The van der Waals surface area contributed by atoms with E-state index in [1.165, 1.54) is 0 Å². The predicted octanol–water partition coefficient (Wildman–Crippen LogP) is 4.08. The monoisotopic (exact) mass is 323 g/mol. The van der Waals surface area contributed by atoms with E-state index in [0.29, 0.717) is 12.1 Å². The molecule has 0 saturated carbocycles. The average Bonchev–Trinajstić information content (AvgIpc) is 2.83. The van der Waals surface area contributed by atoms with E-state index in [1.54, 1.807) is 0 Å². The van der Waals surface area contributed by atoms with Crippen molar-refractivity contribution in [3.63, 3.8) is 0 Å². The van der Waals surface area contributed by atoms with Crippen LogP contribution in [0, 0.1) is 0 Å². The molecule has 0 aliphatic rings. The molecular formula is C13H7F6NO2. The Bertz CT molecular complexity index is 697. The highest BCUT2D eigenvalue weighted by molar-refractivity contribution is 5.95. The summed E-state index contributed by atoms with van der Waals surface area (Å²) in [6, 6.07) is 4.00. The Balaban J connectivity index is 2.48. The van der Waals surface area contributed by atoms with Crippen molar-refractivity contribution in [3.05, 3.63) is 47.2 Å². The van der Waals surface area contributed by atoms with Gasteiger partial charge in [0, 0.05) is 5.56 Å². The van der Waals surface area contributed by atoms with Crippen LogP contribution in [-0.2, 0) is 12.4 Å². The van der Waals surface area contributed by atoms with Crippen molar-refractivity contribution in [1.82, 2.24) is 0 Å². The van der Waals surface area contributed by atoms with Gasteiger partial charge in [0.1, 0.15) is 5.76 Å². The standard InChI is InChI=1S/C13H7F6NO2/c14-12(15,16)7-3-1-6(2-4-7)9-5-8(11(20)21)10(22-9)13(17,18)19/h1-5H,(H2,20,21). The normalized spacial score (nSPS) is 12.5. The SMILES string of the molecule is NC(=O)c1cc(-c2ccc(C(F)(F)F)cc2)oc1C(F)(F)F. The first-order valence-corrected chi connectivity index (χ1v) is 5.68. The minimum Gasteiger partial charge on any atom is -0.451 e. The summed E-state index contributed by atoms with van der Waals surface area (Å²) in [5.74, 6) is -3.35. The molecule has 9 heteroatoms. The lowest BCUT2D eigenvalue weighted by molar-refractivity contribution is -0.153. The number of nitrogens with two attached hydrogens (primary N) is 1. The molecule has 0 aliphatic heterocycles. The maximum absolute atomic E-state index is 12.7. The van der Waals surface area contributed by atoms with Gasteiger partial charge in [-0.2, -0.15) is 26.3 Å². The number of benzene rings is 1. The fourth-order valence-corrected chi connectivity index (χ4v) is 1.75. The van der Waals surface area contributed by atoms with Crippen molar-refractivity contribution >= 4 is 5.91 Å². The van der Waals surface area contributed by atoms with Crippen LogP contribution < -0.4 is 5.73 Å². The van der Waals surface area contributed by atoms with E-state index in [9.17, 15) is 31.1 Å². The van der Waals surface area contributed by atoms with E-state index in [1.807, 2.05) is 0 Å². The molecule has 1 heterocycles. The van der Waals surface area contributed by atoms with Crippen LogP contribution in [0.3, 0.4) is 0 Å². The van der Waals surface area contributed by atoms with E-state index in [0.717, 1.165) is 18.2 Å². The molecule has 1 aromatic carbocycles. The van der Waals surface area contributed by atoms with Gasteiger partial charge < -0.3 is 10.2 Å². The number of carbonyl (C=O) groups excluding carboxylic acids is 1. The molecule has 0 spiro atoms. The van der Waals surface area contributed by atoms with Gasteiger partial charge in [0.15, 0.2) is 0 Å². The van der Waals surface area contributed by atoms with Gasteiger partial charge in [-0.15, -0.1) is 0 Å². The fraction of sp³-hybridized carbons (Fsp3) is 0.154. The zero-order valence-corrected chi connectivity index (χ0v) is 10.5. The van der Waals surface area contributed by atoms with Gasteiger partial charge in [-0.3, -0.25) is 4.79 Å². The number of primary amides is 1. The molecule has 2 aromatic rings. The van der Waals surface area contributed by atoms with Crippen LogP contribution in [0.15, 0.2) is 34.7 Å². The van der Waals surface area contributed by atoms with Crippen LogP contribution in [0.2, 0.25) is 0 Å². The minimum absolute atomic E-state index is 0.0500. The second-order valence-electron chi connectivity index (χ2n) is 4.29. The largest absolute Gasteiger partial charge is 0.451 e. The lowest BCUT2D eigenvalue weighted by Crippen LogP contribution is -2.16. The van der Waals surface area contributed by atoms with Gasteiger partial charge in [0.25, 0.3) is 5.91 Å². The summed E-state index contributed by atoms with van der Waals surface area (Å²) in [6.45, 7) is 0. The van der Waals surface area contributed by atoms with Gasteiger partial charge in [0.2, 0.25) is 5.76 Å². The van der Waals surface area contributed by atoms with Gasteiger partial charge in [-0.25, -0.2) is 0 Å². The molecule has 22 heavy (non-hydrogen) atoms. The molecule has 0 radical (unpaired) electrons. The summed E-state index contributed by atoms with van der Waals surface area (Å²) in [5, 5.41) is 0. The van der Waals surface area contributed by atoms with Crippen LogP contribution in [0.4, 0.5) is 26.3 Å². The van der Waals surface area contributed by atoms with Crippen molar-refractivity contribution in [3.8, 4) is 11.3 Å². The van der Waals surface area contributed by atoms with Crippen molar-refractivity contribution in [2.75, 3.05) is 0 Å². The first-order valence-electron chi connectivity index (χ1n) is 5.68. The zero-order valence-electron chi connectivity index (χ0n) is 10.5. The Hall–Kier alpha value is -2.45. The number of carbonyl (C=O) groups is 1. The summed E-state index contributed by atoms with van der Waals surface area (Å²) in [5.41, 5.74) is 2.94. The van der Waals surface area contributed by atoms with Crippen LogP contribution in [-0.4, -0.2) is 5.91 Å². The zero-order chi connectivity index (χ0) is 16.7. The van der Waals surface area contributed by atoms with E-state index >= 15 is 0 Å². The molecule has 0 atom stereocenters. The maximum Gasteiger partial charge on any atom is 0.450 e. The first kappa shape index (κ1) is 15.9. The number of halogens is 6. The van der Waals surface area contributed by atoms with E-state index in [2.05, 4.69) is 4.42 Å². The number of hydrogen-bond donors (Lipinski definition) is 1. The van der Waals surface area contributed by atoms with Crippen molar-refractivity contribution in [1.29, 1.82) is 0 Å². The maximum atomic E-state index is 12.7. The number of amides is 1. The van der Waals surface area contributed by atoms with Crippen LogP contribution in [0.25, 0.3) is 11.3 Å². The van der Waals surface area contributed by atoms with Gasteiger partial charge in [-0.05, 0) is 18.2 Å². The molecule has 0 bridgehead atoms. The summed E-state index contributed by atoms with van der Waals surface area (Å²) < 4.78 is 79.9. The highest BCUT2D eigenvalue weighted by Gasteiger charge is 2.40. The molecule has 2 N–H and O–H groups in total. The molecular weight excluding hydrogens is 316 g/mol. The number of rotatable bonds is 2. The molecule has 3 nitrogen and oxygen atoms in total. The smallest absolute Gasteiger partial charge is 0.450 e. The lowest BCUT2D eigenvalue weighted by Gasteiger charge is -2.06. The lowest BCUT2D eigenvalue weighted by atomic mass is 10.1. The Morgan fingerprint density at radius 1 is 0.955 bits per heavy atom. The average molecular weight is 323 g/mol. The third-order valence-corrected chi connectivity index (χ3v) is 2.75. The fourth-order valence-electron chi connectivity index (χ4n) is 1.75. The van der Waals surface area contributed by atoms with Crippen molar-refractivity contribution < 1.29 is 35.6 Å². The molecule has 0 saturated heterocycles. The summed E-state index contributed by atoms with van der Waals surface area (Å²) in [6.07, 6.45) is -9.52.